The van der Waals surface area contributed by atoms with Crippen LogP contribution in [0, 0.1) is 6.92 Å². The number of hydrogen-bond acceptors (Lipinski definition) is 7. The molecule has 1 amide bonds. The molecule has 0 fully saturated rings. The van der Waals surface area contributed by atoms with E-state index >= 15 is 0 Å². The first-order valence-corrected chi connectivity index (χ1v) is 7.61. The van der Waals surface area contributed by atoms with Crippen molar-refractivity contribution < 1.29 is 9.53 Å². The van der Waals surface area contributed by atoms with Crippen LogP contribution in [0.1, 0.15) is 21.1 Å². The Labute approximate surface area is 136 Å². The van der Waals surface area contributed by atoms with Gasteiger partial charge in [-0.05, 0) is 19.1 Å². The van der Waals surface area contributed by atoms with Crippen LogP contribution >= 0.6 is 11.3 Å². The fourth-order valence-corrected chi connectivity index (χ4v) is 2.37. The van der Waals surface area contributed by atoms with Crippen LogP contribution in [0.15, 0.2) is 42.9 Å². The summed E-state index contributed by atoms with van der Waals surface area (Å²) in [6, 6.07) is 7.74. The molecule has 0 radical (unpaired) electrons. The summed E-state index contributed by atoms with van der Waals surface area (Å²) < 4.78 is 5.62. The van der Waals surface area contributed by atoms with Gasteiger partial charge < -0.3 is 4.74 Å². The van der Waals surface area contributed by atoms with Crippen molar-refractivity contribution in [2.75, 3.05) is 5.32 Å². The number of benzene rings is 1. The van der Waals surface area contributed by atoms with E-state index in [9.17, 15) is 4.79 Å². The highest BCUT2D eigenvalue weighted by atomic mass is 32.1. The molecule has 116 valence electrons. The Hall–Kier alpha value is -2.87. The van der Waals surface area contributed by atoms with Gasteiger partial charge in [0.2, 0.25) is 5.13 Å². The maximum absolute atomic E-state index is 11.9. The van der Waals surface area contributed by atoms with Crippen LogP contribution in [0.4, 0.5) is 5.13 Å². The summed E-state index contributed by atoms with van der Waals surface area (Å²) in [5.74, 6) is 0.385. The third-order valence-electron chi connectivity index (χ3n) is 2.87. The van der Waals surface area contributed by atoms with Crippen LogP contribution < -0.4 is 10.1 Å². The standard InChI is InChI=1S/C15H13N5O2S/c1-10-2-4-11(5-3-10)22-9-13-19-20-15(23-13)18-14(21)12-8-16-6-7-17-12/h2-8H,9H2,1H3,(H,18,20,21). The molecule has 0 aliphatic carbocycles. The molecule has 7 nitrogen and oxygen atoms in total. The van der Waals surface area contributed by atoms with Crippen molar-refractivity contribution in [3.8, 4) is 5.75 Å². The second kappa shape index (κ2) is 6.93. The zero-order valence-corrected chi connectivity index (χ0v) is 13.1. The van der Waals surface area contributed by atoms with Crippen molar-refractivity contribution in [3.63, 3.8) is 0 Å². The highest BCUT2D eigenvalue weighted by Crippen LogP contribution is 2.19. The molecule has 3 rings (SSSR count). The number of carbonyl (C=O) groups excluding carboxylic acids is 1. The molecule has 2 aromatic heterocycles. The predicted octanol–water partition coefficient (Wildman–Crippen LogP) is 2.47. The van der Waals surface area contributed by atoms with Crippen LogP contribution in [0.2, 0.25) is 0 Å². The molecule has 23 heavy (non-hydrogen) atoms. The van der Waals surface area contributed by atoms with Gasteiger partial charge in [0.25, 0.3) is 5.91 Å². The molecule has 0 spiro atoms. The van der Waals surface area contributed by atoms with Gasteiger partial charge >= 0.3 is 0 Å². The average molecular weight is 327 g/mol. The Balaban J connectivity index is 1.57. The van der Waals surface area contributed by atoms with Gasteiger partial charge in [-0.15, -0.1) is 10.2 Å². The van der Waals surface area contributed by atoms with Gasteiger partial charge in [-0.2, -0.15) is 0 Å². The summed E-state index contributed by atoms with van der Waals surface area (Å²) in [5, 5.41) is 11.6. The van der Waals surface area contributed by atoms with Crippen LogP contribution in [-0.4, -0.2) is 26.1 Å². The van der Waals surface area contributed by atoms with E-state index in [1.807, 2.05) is 31.2 Å². The van der Waals surface area contributed by atoms with E-state index in [0.29, 0.717) is 16.7 Å². The van der Waals surface area contributed by atoms with Crippen molar-refractivity contribution in [2.24, 2.45) is 0 Å². The van der Waals surface area contributed by atoms with Gasteiger partial charge in [-0.3, -0.25) is 15.1 Å². The molecule has 0 unspecified atom stereocenters. The molecule has 0 aliphatic rings. The minimum absolute atomic E-state index is 0.222. The number of carbonyl (C=O) groups is 1. The van der Waals surface area contributed by atoms with Crippen molar-refractivity contribution in [3.05, 3.63) is 59.1 Å². The first kappa shape index (κ1) is 15.0. The lowest BCUT2D eigenvalue weighted by atomic mass is 10.2. The third-order valence-corrected chi connectivity index (χ3v) is 3.68. The molecular weight excluding hydrogens is 314 g/mol. The number of hydrogen-bond donors (Lipinski definition) is 1. The SMILES string of the molecule is Cc1ccc(OCc2nnc(NC(=O)c3cnccn3)s2)cc1. The van der Waals surface area contributed by atoms with E-state index in [4.69, 9.17) is 4.74 Å². The zero-order chi connectivity index (χ0) is 16.1. The number of aryl methyl sites for hydroxylation is 1. The van der Waals surface area contributed by atoms with Gasteiger partial charge in [-0.25, -0.2) is 4.98 Å². The Morgan fingerprint density at radius 1 is 1.22 bits per heavy atom. The molecule has 1 aromatic carbocycles. The smallest absolute Gasteiger partial charge is 0.277 e. The first-order valence-electron chi connectivity index (χ1n) is 6.80. The molecule has 1 N–H and O–H groups in total. The van der Waals surface area contributed by atoms with Crippen LogP contribution in [-0.2, 0) is 6.61 Å². The van der Waals surface area contributed by atoms with Gasteiger partial charge in [0.15, 0.2) is 5.01 Å². The lowest BCUT2D eigenvalue weighted by Crippen LogP contribution is -2.13. The second-order valence-corrected chi connectivity index (χ2v) is 5.71. The molecule has 3 aromatic rings. The predicted molar refractivity (Wildman–Crippen MR) is 85.4 cm³/mol. The van der Waals surface area contributed by atoms with Crippen molar-refractivity contribution in [2.45, 2.75) is 13.5 Å². The molecule has 0 bridgehead atoms. The number of amides is 1. The van der Waals surface area contributed by atoms with E-state index in [2.05, 4.69) is 25.5 Å². The van der Waals surface area contributed by atoms with Crippen LogP contribution in [0.5, 0.6) is 5.75 Å². The third kappa shape index (κ3) is 4.07. The number of ether oxygens (including phenoxy) is 1. The van der Waals surface area contributed by atoms with Crippen LogP contribution in [0.3, 0.4) is 0 Å². The van der Waals surface area contributed by atoms with Crippen LogP contribution in [0.25, 0.3) is 0 Å². The molecule has 0 aliphatic heterocycles. The van der Waals surface area contributed by atoms with Gasteiger partial charge in [0.05, 0.1) is 6.20 Å². The summed E-state index contributed by atoms with van der Waals surface area (Å²) in [7, 11) is 0. The fraction of sp³-hybridized carbons (Fsp3) is 0.133. The summed E-state index contributed by atoms with van der Waals surface area (Å²) in [6.07, 6.45) is 4.34. The van der Waals surface area contributed by atoms with E-state index in [1.165, 1.54) is 35.5 Å². The van der Waals surface area contributed by atoms with Gasteiger partial charge in [0, 0.05) is 12.4 Å². The fourth-order valence-electron chi connectivity index (χ4n) is 1.72. The van der Waals surface area contributed by atoms with E-state index in [-0.39, 0.29) is 11.6 Å². The summed E-state index contributed by atoms with van der Waals surface area (Å²) in [5.41, 5.74) is 1.39. The maximum Gasteiger partial charge on any atom is 0.277 e. The highest BCUT2D eigenvalue weighted by Gasteiger charge is 2.11. The Kier molecular flexibility index (Phi) is 4.53. The monoisotopic (exact) mass is 327 g/mol. The van der Waals surface area contributed by atoms with E-state index < -0.39 is 0 Å². The van der Waals surface area contributed by atoms with Crippen molar-refractivity contribution in [1.82, 2.24) is 20.2 Å². The van der Waals surface area contributed by atoms with E-state index in [1.54, 1.807) is 0 Å². The maximum atomic E-state index is 11.9. The van der Waals surface area contributed by atoms with Crippen molar-refractivity contribution >= 4 is 22.4 Å². The summed E-state index contributed by atoms with van der Waals surface area (Å²) in [4.78, 5) is 19.7. The Morgan fingerprint density at radius 3 is 2.78 bits per heavy atom. The quantitative estimate of drug-likeness (QED) is 0.774. The average Bonchev–Trinajstić information content (AvgIpc) is 3.02. The number of aromatic nitrogens is 4. The zero-order valence-electron chi connectivity index (χ0n) is 12.3. The Morgan fingerprint density at radius 2 is 2.04 bits per heavy atom. The minimum Gasteiger partial charge on any atom is -0.486 e. The molecule has 8 heteroatoms. The summed E-state index contributed by atoms with van der Waals surface area (Å²) in [6.45, 7) is 2.31. The largest absolute Gasteiger partial charge is 0.486 e. The van der Waals surface area contributed by atoms with E-state index in [0.717, 1.165) is 5.75 Å². The second-order valence-electron chi connectivity index (χ2n) is 4.65. The lowest BCUT2D eigenvalue weighted by Gasteiger charge is -2.03. The highest BCUT2D eigenvalue weighted by molar-refractivity contribution is 7.15. The number of nitrogens with zero attached hydrogens (tertiary/aromatic N) is 4. The minimum atomic E-state index is -0.375. The molecule has 0 saturated carbocycles. The molecular formula is C15H13N5O2S. The van der Waals surface area contributed by atoms with Gasteiger partial charge in [-0.1, -0.05) is 29.0 Å². The topological polar surface area (TPSA) is 89.9 Å². The number of rotatable bonds is 5. The number of anilines is 1. The lowest BCUT2D eigenvalue weighted by molar-refractivity contribution is 0.102. The Bertz CT molecular complexity index is 789. The van der Waals surface area contributed by atoms with Crippen molar-refractivity contribution in [1.29, 1.82) is 0 Å². The molecule has 0 saturated heterocycles. The first-order chi connectivity index (χ1) is 11.2. The number of nitrogens with one attached hydrogen (secondary N) is 1. The summed E-state index contributed by atoms with van der Waals surface area (Å²) >= 11 is 1.25. The molecule has 0 atom stereocenters. The van der Waals surface area contributed by atoms with Gasteiger partial charge in [0.1, 0.15) is 18.1 Å². The normalized spacial score (nSPS) is 10.3. The molecule has 2 heterocycles.